The van der Waals surface area contributed by atoms with Crippen molar-refractivity contribution in [2.45, 2.75) is 39.0 Å². The average Bonchev–Trinajstić information content (AvgIpc) is 2.91. The Morgan fingerprint density at radius 1 is 1.24 bits per heavy atom. The van der Waals surface area contributed by atoms with E-state index in [0.717, 1.165) is 12.0 Å². The van der Waals surface area contributed by atoms with Gasteiger partial charge >= 0.3 is 0 Å². The van der Waals surface area contributed by atoms with Crippen molar-refractivity contribution in [2.75, 3.05) is 5.43 Å². The molecule has 0 aliphatic carbocycles. The first-order chi connectivity index (χ1) is 9.99. The minimum atomic E-state index is -1.38. The Morgan fingerprint density at radius 3 is 2.57 bits per heavy atom. The number of hydrogen-bond acceptors (Lipinski definition) is 4. The van der Waals surface area contributed by atoms with Crippen LogP contribution in [0.15, 0.2) is 30.3 Å². The highest BCUT2D eigenvalue weighted by atomic mass is 28.3. The third-order valence-corrected chi connectivity index (χ3v) is 3.70. The molecule has 0 saturated carbocycles. The summed E-state index contributed by atoms with van der Waals surface area (Å²) in [6.07, 6.45) is 0.894. The molecule has 1 aromatic carbocycles. The van der Waals surface area contributed by atoms with Crippen LogP contribution in [-0.4, -0.2) is 34.4 Å². The van der Waals surface area contributed by atoms with Gasteiger partial charge in [-0.15, -0.1) is 15.4 Å². The SMILES string of the molecule is CCC(C#C[Si](C)(C)C)Nn1nnnc1-c1ccccc1. The maximum Gasteiger partial charge on any atom is 0.204 e. The maximum atomic E-state index is 4.08. The summed E-state index contributed by atoms with van der Waals surface area (Å²) in [7, 11) is -1.38. The Morgan fingerprint density at radius 2 is 1.95 bits per heavy atom. The molecule has 1 atom stereocenters. The molecule has 1 aromatic heterocycles. The molecule has 1 unspecified atom stereocenters. The minimum Gasteiger partial charge on any atom is -0.291 e. The summed E-state index contributed by atoms with van der Waals surface area (Å²) in [5.74, 6) is 4.01. The van der Waals surface area contributed by atoms with Crippen LogP contribution >= 0.6 is 0 Å². The van der Waals surface area contributed by atoms with Crippen molar-refractivity contribution >= 4 is 8.07 Å². The molecule has 1 heterocycles. The number of tetrazole rings is 1. The maximum absolute atomic E-state index is 4.08. The van der Waals surface area contributed by atoms with Crippen LogP contribution in [-0.2, 0) is 0 Å². The molecule has 0 fully saturated rings. The third kappa shape index (κ3) is 4.43. The van der Waals surface area contributed by atoms with Crippen LogP contribution in [0.2, 0.25) is 19.6 Å². The molecule has 0 aliphatic heterocycles. The van der Waals surface area contributed by atoms with Crippen molar-refractivity contribution in [1.29, 1.82) is 0 Å². The van der Waals surface area contributed by atoms with E-state index in [1.165, 1.54) is 0 Å². The van der Waals surface area contributed by atoms with E-state index in [1.54, 1.807) is 4.79 Å². The molecule has 0 bridgehead atoms. The predicted molar refractivity (Wildman–Crippen MR) is 87.8 cm³/mol. The highest BCUT2D eigenvalue weighted by molar-refractivity contribution is 6.83. The van der Waals surface area contributed by atoms with Gasteiger partial charge in [-0.1, -0.05) is 62.8 Å². The van der Waals surface area contributed by atoms with Gasteiger partial charge in [-0.3, -0.25) is 5.43 Å². The zero-order valence-corrected chi connectivity index (χ0v) is 14.0. The summed E-state index contributed by atoms with van der Waals surface area (Å²) >= 11 is 0. The molecular formula is C15H21N5Si. The number of nitrogens with zero attached hydrogens (tertiary/aromatic N) is 4. The fourth-order valence-electron chi connectivity index (χ4n) is 1.72. The van der Waals surface area contributed by atoms with Crippen LogP contribution < -0.4 is 5.43 Å². The zero-order valence-electron chi connectivity index (χ0n) is 13.0. The van der Waals surface area contributed by atoms with Gasteiger partial charge in [-0.25, -0.2) is 0 Å². The van der Waals surface area contributed by atoms with Crippen LogP contribution in [0.4, 0.5) is 0 Å². The molecule has 0 radical (unpaired) electrons. The fourth-order valence-corrected chi connectivity index (χ4v) is 2.33. The first kappa shape index (κ1) is 15.3. The van der Waals surface area contributed by atoms with Gasteiger partial charge < -0.3 is 0 Å². The van der Waals surface area contributed by atoms with Gasteiger partial charge in [0.15, 0.2) is 0 Å². The van der Waals surface area contributed by atoms with Crippen LogP contribution in [0.25, 0.3) is 11.4 Å². The van der Waals surface area contributed by atoms with Crippen LogP contribution in [0.1, 0.15) is 13.3 Å². The van der Waals surface area contributed by atoms with Crippen molar-refractivity contribution < 1.29 is 0 Å². The number of rotatable bonds is 4. The van der Waals surface area contributed by atoms with E-state index >= 15 is 0 Å². The first-order valence-electron chi connectivity index (χ1n) is 7.12. The van der Waals surface area contributed by atoms with Gasteiger partial charge in [0.05, 0.1) is 0 Å². The van der Waals surface area contributed by atoms with Gasteiger partial charge in [0.25, 0.3) is 0 Å². The number of aromatic nitrogens is 4. The van der Waals surface area contributed by atoms with Crippen LogP contribution in [0.3, 0.4) is 0 Å². The Bertz CT molecular complexity index is 633. The number of nitrogens with one attached hydrogen (secondary N) is 1. The lowest BCUT2D eigenvalue weighted by atomic mass is 10.2. The highest BCUT2D eigenvalue weighted by Gasteiger charge is 2.12. The second-order valence-electron chi connectivity index (χ2n) is 5.89. The zero-order chi connectivity index (χ0) is 15.3. The van der Waals surface area contributed by atoms with Crippen molar-refractivity contribution in [3.63, 3.8) is 0 Å². The summed E-state index contributed by atoms with van der Waals surface area (Å²) in [4.78, 5) is 1.61. The molecule has 6 heteroatoms. The average molecular weight is 299 g/mol. The smallest absolute Gasteiger partial charge is 0.204 e. The second kappa shape index (κ2) is 6.55. The Labute approximate surface area is 126 Å². The van der Waals surface area contributed by atoms with E-state index < -0.39 is 8.07 Å². The lowest BCUT2D eigenvalue weighted by molar-refractivity contribution is 0.644. The lowest BCUT2D eigenvalue weighted by Crippen LogP contribution is -2.29. The topological polar surface area (TPSA) is 55.6 Å². The predicted octanol–water partition coefficient (Wildman–Crippen LogP) is 2.54. The number of hydrogen-bond donors (Lipinski definition) is 1. The minimum absolute atomic E-state index is 0.0442. The van der Waals surface area contributed by atoms with Crippen molar-refractivity contribution in [3.8, 4) is 22.9 Å². The van der Waals surface area contributed by atoms with Gasteiger partial charge in [0.1, 0.15) is 14.1 Å². The quantitative estimate of drug-likeness (QED) is 0.696. The fraction of sp³-hybridized carbons (Fsp3) is 0.400. The third-order valence-electron chi connectivity index (χ3n) is 2.81. The summed E-state index contributed by atoms with van der Waals surface area (Å²) in [5, 5.41) is 11.9. The van der Waals surface area contributed by atoms with Gasteiger partial charge in [0.2, 0.25) is 5.82 Å². The Balaban J connectivity index is 2.20. The molecule has 0 aliphatic rings. The Kier molecular flexibility index (Phi) is 4.76. The van der Waals surface area contributed by atoms with E-state index in [0.29, 0.717) is 5.82 Å². The highest BCUT2D eigenvalue weighted by Crippen LogP contribution is 2.13. The van der Waals surface area contributed by atoms with E-state index in [-0.39, 0.29) is 6.04 Å². The summed E-state index contributed by atoms with van der Waals surface area (Å²) < 4.78 is 0. The molecule has 0 saturated heterocycles. The van der Waals surface area contributed by atoms with Crippen LogP contribution in [0.5, 0.6) is 0 Å². The summed E-state index contributed by atoms with van der Waals surface area (Å²) in [5.41, 5.74) is 7.64. The Hall–Kier alpha value is -2.13. The largest absolute Gasteiger partial charge is 0.291 e. The molecule has 0 spiro atoms. The standard InChI is InChI=1S/C15H21N5Si/c1-5-14(11-12-21(2,3)4)17-20-15(16-18-19-20)13-9-7-6-8-10-13/h6-10,14,17H,5H2,1-4H3. The molecule has 5 nitrogen and oxygen atoms in total. The van der Waals surface area contributed by atoms with E-state index in [4.69, 9.17) is 0 Å². The first-order valence-corrected chi connectivity index (χ1v) is 10.6. The van der Waals surface area contributed by atoms with Gasteiger partial charge in [-0.2, -0.15) is 0 Å². The second-order valence-corrected chi connectivity index (χ2v) is 10.6. The van der Waals surface area contributed by atoms with E-state index in [2.05, 4.69) is 59.0 Å². The molecule has 21 heavy (non-hydrogen) atoms. The number of benzene rings is 1. The molecule has 2 rings (SSSR count). The molecular weight excluding hydrogens is 278 g/mol. The molecule has 0 amide bonds. The molecule has 2 aromatic rings. The van der Waals surface area contributed by atoms with E-state index in [9.17, 15) is 0 Å². The van der Waals surface area contributed by atoms with Crippen molar-refractivity contribution in [3.05, 3.63) is 30.3 Å². The molecule has 110 valence electrons. The summed E-state index contributed by atoms with van der Waals surface area (Å²) in [6, 6.07) is 9.92. The van der Waals surface area contributed by atoms with Gasteiger partial charge in [0, 0.05) is 5.56 Å². The normalized spacial score (nSPS) is 12.4. The van der Waals surface area contributed by atoms with Crippen LogP contribution in [0, 0.1) is 11.5 Å². The van der Waals surface area contributed by atoms with Crippen molar-refractivity contribution in [1.82, 2.24) is 20.3 Å². The van der Waals surface area contributed by atoms with Gasteiger partial charge in [-0.05, 0) is 16.8 Å². The van der Waals surface area contributed by atoms with E-state index in [1.807, 2.05) is 30.3 Å². The summed E-state index contributed by atoms with van der Waals surface area (Å²) in [6.45, 7) is 8.81. The lowest BCUT2D eigenvalue weighted by Gasteiger charge is -2.14. The molecule has 1 N–H and O–H groups in total. The monoisotopic (exact) mass is 299 g/mol. The van der Waals surface area contributed by atoms with Crippen molar-refractivity contribution in [2.24, 2.45) is 0 Å².